The number of aryl methyl sites for hydroxylation is 1. The van der Waals surface area contributed by atoms with Crippen LogP contribution in [0.2, 0.25) is 0 Å². The number of nitrogens with two attached hydrogens (primary N) is 1. The zero-order valence-electron chi connectivity index (χ0n) is 10.2. The van der Waals surface area contributed by atoms with Crippen molar-refractivity contribution in [2.75, 3.05) is 0 Å². The summed E-state index contributed by atoms with van der Waals surface area (Å²) in [6.45, 7) is 3.58. The van der Waals surface area contributed by atoms with E-state index in [2.05, 4.69) is 9.97 Å². The first kappa shape index (κ1) is 13.0. The van der Waals surface area contributed by atoms with E-state index in [0.717, 1.165) is 15.5 Å². The van der Waals surface area contributed by atoms with Gasteiger partial charge in [-0.15, -0.1) is 0 Å². The minimum atomic E-state index is -0.227. The lowest BCUT2D eigenvalue weighted by Crippen LogP contribution is -2.07. The van der Waals surface area contributed by atoms with Gasteiger partial charge in [-0.05, 0) is 43.2 Å². The van der Waals surface area contributed by atoms with Gasteiger partial charge >= 0.3 is 0 Å². The fourth-order valence-electron chi connectivity index (χ4n) is 1.57. The molecule has 2 rings (SSSR count). The molecule has 0 saturated carbocycles. The van der Waals surface area contributed by atoms with E-state index in [0.29, 0.717) is 5.56 Å². The van der Waals surface area contributed by atoms with Crippen LogP contribution >= 0.6 is 11.8 Å². The summed E-state index contributed by atoms with van der Waals surface area (Å²) in [7, 11) is 0. The van der Waals surface area contributed by atoms with E-state index in [9.17, 15) is 4.39 Å². The molecular weight excluding hydrogens is 249 g/mol. The smallest absolute Gasteiger partial charge is 0.126 e. The lowest BCUT2D eigenvalue weighted by Gasteiger charge is -2.13. The van der Waals surface area contributed by atoms with Crippen molar-refractivity contribution in [1.82, 2.24) is 9.97 Å². The maximum absolute atomic E-state index is 13.6. The van der Waals surface area contributed by atoms with Gasteiger partial charge in [0.1, 0.15) is 17.2 Å². The van der Waals surface area contributed by atoms with Crippen molar-refractivity contribution in [2.45, 2.75) is 29.8 Å². The molecule has 3 nitrogen and oxygen atoms in total. The third-order valence-corrected chi connectivity index (χ3v) is 3.58. The standard InChI is InChI=1S/C13H14FN3S/c1-8-5-12(10(9(2)15)6-11(8)14)18-13-3-4-16-7-17-13/h3-7,9H,15H2,1-2H3/t9-/m0/s1. The maximum atomic E-state index is 13.6. The molecule has 2 N–H and O–H groups in total. The largest absolute Gasteiger partial charge is 0.324 e. The van der Waals surface area contributed by atoms with Crippen LogP contribution in [0.5, 0.6) is 0 Å². The van der Waals surface area contributed by atoms with E-state index in [1.807, 2.05) is 13.0 Å². The quantitative estimate of drug-likeness (QED) is 0.865. The summed E-state index contributed by atoms with van der Waals surface area (Å²) < 4.78 is 13.6. The topological polar surface area (TPSA) is 51.8 Å². The highest BCUT2D eigenvalue weighted by Crippen LogP contribution is 2.33. The average Bonchev–Trinajstić information content (AvgIpc) is 2.34. The van der Waals surface area contributed by atoms with E-state index in [1.54, 1.807) is 19.2 Å². The summed E-state index contributed by atoms with van der Waals surface area (Å²) >= 11 is 1.47. The summed E-state index contributed by atoms with van der Waals surface area (Å²) in [5.74, 6) is -0.227. The van der Waals surface area contributed by atoms with E-state index >= 15 is 0 Å². The molecule has 0 aliphatic heterocycles. The Kier molecular flexibility index (Phi) is 3.93. The van der Waals surface area contributed by atoms with Crippen LogP contribution in [0.4, 0.5) is 4.39 Å². The highest BCUT2D eigenvalue weighted by molar-refractivity contribution is 7.99. The first-order valence-electron chi connectivity index (χ1n) is 5.57. The second kappa shape index (κ2) is 5.46. The summed E-state index contributed by atoms with van der Waals surface area (Å²) in [5.41, 5.74) is 7.28. The molecule has 1 atom stereocenters. The second-order valence-corrected chi connectivity index (χ2v) is 5.14. The molecule has 1 heterocycles. The first-order chi connectivity index (χ1) is 8.58. The number of rotatable bonds is 3. The fourth-order valence-corrected chi connectivity index (χ4v) is 2.62. The van der Waals surface area contributed by atoms with Crippen molar-refractivity contribution < 1.29 is 4.39 Å². The van der Waals surface area contributed by atoms with Crippen molar-refractivity contribution in [3.8, 4) is 0 Å². The Morgan fingerprint density at radius 2 is 2.17 bits per heavy atom. The Morgan fingerprint density at radius 1 is 1.39 bits per heavy atom. The van der Waals surface area contributed by atoms with Gasteiger partial charge in [0.2, 0.25) is 0 Å². The molecule has 2 aromatic rings. The van der Waals surface area contributed by atoms with Crippen LogP contribution in [-0.2, 0) is 0 Å². The molecule has 0 bridgehead atoms. The summed E-state index contributed by atoms with van der Waals surface area (Å²) in [6.07, 6.45) is 3.17. The zero-order valence-corrected chi connectivity index (χ0v) is 11.0. The van der Waals surface area contributed by atoms with Crippen molar-refractivity contribution in [2.24, 2.45) is 5.73 Å². The predicted molar refractivity (Wildman–Crippen MR) is 69.9 cm³/mol. The molecule has 0 aliphatic rings. The van der Waals surface area contributed by atoms with Gasteiger partial charge in [0, 0.05) is 17.1 Å². The number of aromatic nitrogens is 2. The molecule has 0 aliphatic carbocycles. The second-order valence-electron chi connectivity index (χ2n) is 4.08. The molecule has 18 heavy (non-hydrogen) atoms. The van der Waals surface area contributed by atoms with Gasteiger partial charge in [-0.2, -0.15) is 0 Å². The maximum Gasteiger partial charge on any atom is 0.126 e. The minimum Gasteiger partial charge on any atom is -0.324 e. The normalized spacial score (nSPS) is 12.4. The third-order valence-electron chi connectivity index (χ3n) is 2.55. The van der Waals surface area contributed by atoms with Gasteiger partial charge in [0.15, 0.2) is 0 Å². The SMILES string of the molecule is Cc1cc(Sc2ccncn2)c([C@H](C)N)cc1F. The predicted octanol–water partition coefficient (Wildman–Crippen LogP) is 3.10. The van der Waals surface area contributed by atoms with Crippen LogP contribution in [0.3, 0.4) is 0 Å². The van der Waals surface area contributed by atoms with Crippen LogP contribution in [0.25, 0.3) is 0 Å². The van der Waals surface area contributed by atoms with E-state index in [1.165, 1.54) is 24.2 Å². The molecule has 94 valence electrons. The molecule has 5 heteroatoms. The molecule has 0 saturated heterocycles. The van der Waals surface area contributed by atoms with Crippen LogP contribution < -0.4 is 5.73 Å². The van der Waals surface area contributed by atoms with Crippen LogP contribution in [0, 0.1) is 12.7 Å². The fraction of sp³-hybridized carbons (Fsp3) is 0.231. The summed E-state index contributed by atoms with van der Waals surface area (Å²) in [6, 6.07) is 4.91. The van der Waals surface area contributed by atoms with E-state index in [-0.39, 0.29) is 11.9 Å². The number of benzene rings is 1. The molecule has 0 amide bonds. The van der Waals surface area contributed by atoms with Crippen molar-refractivity contribution in [3.05, 3.63) is 47.7 Å². The Hall–Kier alpha value is -1.46. The summed E-state index contributed by atoms with van der Waals surface area (Å²) in [4.78, 5) is 8.94. The Morgan fingerprint density at radius 3 is 2.78 bits per heavy atom. The molecule has 0 unspecified atom stereocenters. The van der Waals surface area contributed by atoms with Crippen molar-refractivity contribution in [3.63, 3.8) is 0 Å². The molecule has 1 aromatic carbocycles. The van der Waals surface area contributed by atoms with Gasteiger partial charge < -0.3 is 5.73 Å². The van der Waals surface area contributed by atoms with Gasteiger partial charge in [0.25, 0.3) is 0 Å². The highest BCUT2D eigenvalue weighted by atomic mass is 32.2. The zero-order chi connectivity index (χ0) is 13.1. The molecule has 0 spiro atoms. The third kappa shape index (κ3) is 2.86. The number of hydrogen-bond acceptors (Lipinski definition) is 4. The van der Waals surface area contributed by atoms with Gasteiger partial charge in [-0.3, -0.25) is 0 Å². The Labute approximate surface area is 110 Å². The van der Waals surface area contributed by atoms with Gasteiger partial charge in [0.05, 0.1) is 0 Å². The Bertz CT molecular complexity index is 543. The van der Waals surface area contributed by atoms with E-state index < -0.39 is 0 Å². The average molecular weight is 263 g/mol. The van der Waals surface area contributed by atoms with Crippen LogP contribution in [0.1, 0.15) is 24.1 Å². The van der Waals surface area contributed by atoms with Crippen molar-refractivity contribution >= 4 is 11.8 Å². The lowest BCUT2D eigenvalue weighted by molar-refractivity contribution is 0.610. The van der Waals surface area contributed by atoms with E-state index in [4.69, 9.17) is 5.73 Å². The summed E-state index contributed by atoms with van der Waals surface area (Å²) in [5, 5.41) is 0.818. The molecular formula is C13H14FN3S. The van der Waals surface area contributed by atoms with Gasteiger partial charge in [-0.25, -0.2) is 14.4 Å². The molecule has 0 radical (unpaired) electrons. The lowest BCUT2D eigenvalue weighted by atomic mass is 10.1. The Balaban J connectivity index is 2.40. The number of halogens is 1. The molecule has 0 fully saturated rings. The monoisotopic (exact) mass is 263 g/mol. The first-order valence-corrected chi connectivity index (χ1v) is 6.39. The highest BCUT2D eigenvalue weighted by Gasteiger charge is 2.12. The van der Waals surface area contributed by atoms with Crippen LogP contribution in [0.15, 0.2) is 40.6 Å². The molecule has 1 aromatic heterocycles. The van der Waals surface area contributed by atoms with Crippen LogP contribution in [-0.4, -0.2) is 9.97 Å². The van der Waals surface area contributed by atoms with Gasteiger partial charge in [-0.1, -0.05) is 11.8 Å². The number of nitrogens with zero attached hydrogens (tertiary/aromatic N) is 2. The number of hydrogen-bond donors (Lipinski definition) is 1. The van der Waals surface area contributed by atoms with Crippen molar-refractivity contribution in [1.29, 1.82) is 0 Å². The minimum absolute atomic E-state index is 0.218.